The molecule has 2 heterocycles. The van der Waals surface area contributed by atoms with E-state index >= 15 is 0 Å². The molecule has 6 heteroatoms. The standard InChI is InChI=1S/C26H14N2O4/c29-23-17-11-15(13-7-3-1-4-8-13)21-19-18(24(30)27-25(21)31)12-16(14-9-5-2-6-10-14)22(20(17)19)26(32)28-23/h1-12H,(H,27,30,31)(H,28,29,32). The number of nitrogens with one attached hydrogen (secondary N) is 2. The van der Waals surface area contributed by atoms with Gasteiger partial charge in [0.2, 0.25) is 0 Å². The SMILES string of the molecule is O=C1NC(=O)c2c(-c3ccccc3)cc3c4c(c(-c5ccccc5)cc1c24)C(=O)NC3=O. The zero-order valence-electron chi connectivity index (χ0n) is 16.6. The molecular weight excluding hydrogens is 404 g/mol. The summed E-state index contributed by atoms with van der Waals surface area (Å²) >= 11 is 0. The minimum Gasteiger partial charge on any atom is -0.288 e. The van der Waals surface area contributed by atoms with Crippen molar-refractivity contribution in [1.29, 1.82) is 0 Å². The lowest BCUT2D eigenvalue weighted by molar-refractivity contribution is 0.0824. The van der Waals surface area contributed by atoms with E-state index in [1.165, 1.54) is 0 Å². The Hall–Kier alpha value is -4.58. The Balaban J connectivity index is 1.85. The van der Waals surface area contributed by atoms with Gasteiger partial charge in [-0.2, -0.15) is 0 Å². The van der Waals surface area contributed by atoms with Crippen LogP contribution in [0.25, 0.3) is 33.0 Å². The van der Waals surface area contributed by atoms with Crippen LogP contribution in [0.5, 0.6) is 0 Å². The van der Waals surface area contributed by atoms with Crippen molar-refractivity contribution in [3.8, 4) is 22.3 Å². The van der Waals surface area contributed by atoms with Crippen LogP contribution in [-0.2, 0) is 0 Å². The van der Waals surface area contributed by atoms with E-state index in [0.717, 1.165) is 11.1 Å². The summed E-state index contributed by atoms with van der Waals surface area (Å²) in [7, 11) is 0. The van der Waals surface area contributed by atoms with E-state index < -0.39 is 23.6 Å². The lowest BCUT2D eigenvalue weighted by Crippen LogP contribution is -2.39. The van der Waals surface area contributed by atoms with Crippen LogP contribution in [0.15, 0.2) is 72.8 Å². The first-order chi connectivity index (χ1) is 15.5. The first-order valence-corrected chi connectivity index (χ1v) is 10.0. The maximum atomic E-state index is 13.0. The topological polar surface area (TPSA) is 92.3 Å². The van der Waals surface area contributed by atoms with Crippen molar-refractivity contribution in [2.24, 2.45) is 0 Å². The fourth-order valence-corrected chi connectivity index (χ4v) is 4.62. The molecule has 0 aromatic heterocycles. The summed E-state index contributed by atoms with van der Waals surface area (Å²) in [5, 5.41) is 5.52. The van der Waals surface area contributed by atoms with Crippen molar-refractivity contribution in [3.05, 3.63) is 95.1 Å². The largest absolute Gasteiger partial charge is 0.288 e. The molecule has 0 unspecified atom stereocenters. The summed E-state index contributed by atoms with van der Waals surface area (Å²) in [5.74, 6) is -2.21. The van der Waals surface area contributed by atoms with Gasteiger partial charge >= 0.3 is 0 Å². The number of hydrogen-bond acceptors (Lipinski definition) is 4. The van der Waals surface area contributed by atoms with Gasteiger partial charge < -0.3 is 0 Å². The van der Waals surface area contributed by atoms with Gasteiger partial charge in [0.05, 0.1) is 11.1 Å². The van der Waals surface area contributed by atoms with Gasteiger partial charge in [-0.1, -0.05) is 60.7 Å². The number of amides is 4. The third-order valence-corrected chi connectivity index (χ3v) is 5.97. The van der Waals surface area contributed by atoms with E-state index in [9.17, 15) is 19.2 Å². The Morgan fingerprint density at radius 3 is 1.19 bits per heavy atom. The molecule has 6 nitrogen and oxygen atoms in total. The summed E-state index contributed by atoms with van der Waals surface area (Å²) in [6.07, 6.45) is 0. The smallest absolute Gasteiger partial charge is 0.259 e. The van der Waals surface area contributed by atoms with E-state index in [1.807, 2.05) is 60.7 Å². The molecule has 4 aromatic carbocycles. The minimum absolute atomic E-state index is 0.263. The normalized spacial score (nSPS) is 14.4. The second-order valence-electron chi connectivity index (χ2n) is 7.74. The molecule has 0 aliphatic carbocycles. The Morgan fingerprint density at radius 2 is 0.812 bits per heavy atom. The highest BCUT2D eigenvalue weighted by molar-refractivity contribution is 6.36. The number of imide groups is 2. The molecule has 0 bridgehead atoms. The summed E-state index contributed by atoms with van der Waals surface area (Å²) in [6.45, 7) is 0. The molecule has 4 aromatic rings. The van der Waals surface area contributed by atoms with Crippen LogP contribution >= 0.6 is 0 Å². The quantitative estimate of drug-likeness (QED) is 0.482. The maximum absolute atomic E-state index is 13.0. The number of benzene rings is 4. The first-order valence-electron chi connectivity index (χ1n) is 10.0. The average Bonchev–Trinajstić information content (AvgIpc) is 2.81. The van der Waals surface area contributed by atoms with Gasteiger partial charge in [0.15, 0.2) is 0 Å². The lowest BCUT2D eigenvalue weighted by atomic mass is 9.80. The zero-order chi connectivity index (χ0) is 22.0. The number of rotatable bonds is 2. The van der Waals surface area contributed by atoms with Crippen LogP contribution in [-0.4, -0.2) is 23.6 Å². The molecule has 0 atom stereocenters. The zero-order valence-corrected chi connectivity index (χ0v) is 16.6. The highest BCUT2D eigenvalue weighted by Crippen LogP contribution is 2.43. The Bertz CT molecular complexity index is 1410. The van der Waals surface area contributed by atoms with Crippen LogP contribution in [0.4, 0.5) is 0 Å². The van der Waals surface area contributed by atoms with Crippen LogP contribution in [0.2, 0.25) is 0 Å². The highest BCUT2D eigenvalue weighted by atomic mass is 16.2. The summed E-state index contributed by atoms with van der Waals surface area (Å²) in [6, 6.07) is 21.6. The van der Waals surface area contributed by atoms with E-state index in [-0.39, 0.29) is 22.3 Å². The second-order valence-corrected chi connectivity index (χ2v) is 7.74. The van der Waals surface area contributed by atoms with Gasteiger partial charge in [-0.15, -0.1) is 0 Å². The molecule has 4 amide bonds. The molecule has 0 saturated heterocycles. The summed E-state index contributed by atoms with van der Waals surface area (Å²) in [5.41, 5.74) is 3.62. The molecule has 0 fully saturated rings. The fraction of sp³-hybridized carbons (Fsp3) is 0. The molecule has 0 spiro atoms. The third-order valence-electron chi connectivity index (χ3n) is 5.97. The Kier molecular flexibility index (Phi) is 3.67. The lowest BCUT2D eigenvalue weighted by Gasteiger charge is -2.27. The molecule has 0 saturated carbocycles. The van der Waals surface area contributed by atoms with E-state index in [0.29, 0.717) is 21.9 Å². The van der Waals surface area contributed by atoms with Gasteiger partial charge in [-0.05, 0) is 34.4 Å². The van der Waals surface area contributed by atoms with Crippen molar-refractivity contribution in [3.63, 3.8) is 0 Å². The first kappa shape index (κ1) is 18.2. The van der Waals surface area contributed by atoms with Crippen LogP contribution < -0.4 is 10.6 Å². The van der Waals surface area contributed by atoms with Crippen molar-refractivity contribution in [1.82, 2.24) is 10.6 Å². The van der Waals surface area contributed by atoms with Gasteiger partial charge in [-0.25, -0.2) is 0 Å². The molecular formula is C26H14N2O4. The minimum atomic E-state index is -0.555. The molecule has 0 radical (unpaired) electrons. The molecule has 32 heavy (non-hydrogen) atoms. The molecule has 2 N–H and O–H groups in total. The molecule has 6 rings (SSSR count). The number of carbonyl (C=O) groups is 4. The summed E-state index contributed by atoms with van der Waals surface area (Å²) < 4.78 is 0. The number of hydrogen-bond donors (Lipinski definition) is 2. The molecule has 152 valence electrons. The van der Waals surface area contributed by atoms with Gasteiger partial charge in [0.1, 0.15) is 0 Å². The van der Waals surface area contributed by atoms with E-state index in [2.05, 4.69) is 10.6 Å². The van der Waals surface area contributed by atoms with Crippen molar-refractivity contribution >= 4 is 34.4 Å². The predicted octanol–water partition coefficient (Wildman–Crippen LogP) is 3.94. The number of carbonyl (C=O) groups excluding carboxylic acids is 4. The van der Waals surface area contributed by atoms with Crippen LogP contribution in [0.3, 0.4) is 0 Å². The maximum Gasteiger partial charge on any atom is 0.259 e. The third kappa shape index (κ3) is 2.40. The monoisotopic (exact) mass is 418 g/mol. The predicted molar refractivity (Wildman–Crippen MR) is 118 cm³/mol. The fourth-order valence-electron chi connectivity index (χ4n) is 4.62. The molecule has 2 aliphatic heterocycles. The van der Waals surface area contributed by atoms with Crippen molar-refractivity contribution < 1.29 is 19.2 Å². The van der Waals surface area contributed by atoms with Crippen LogP contribution in [0.1, 0.15) is 41.4 Å². The second kappa shape index (κ2) is 6.46. The van der Waals surface area contributed by atoms with Gasteiger partial charge in [0, 0.05) is 21.9 Å². The van der Waals surface area contributed by atoms with E-state index in [1.54, 1.807) is 12.1 Å². The molecule has 2 aliphatic rings. The Morgan fingerprint density at radius 1 is 0.438 bits per heavy atom. The summed E-state index contributed by atoms with van der Waals surface area (Å²) in [4.78, 5) is 51.8. The van der Waals surface area contributed by atoms with E-state index in [4.69, 9.17) is 0 Å². The Labute approximate surface area is 181 Å². The highest BCUT2D eigenvalue weighted by Gasteiger charge is 2.37. The van der Waals surface area contributed by atoms with Gasteiger partial charge in [0.25, 0.3) is 23.6 Å². The van der Waals surface area contributed by atoms with Crippen molar-refractivity contribution in [2.75, 3.05) is 0 Å². The van der Waals surface area contributed by atoms with Gasteiger partial charge in [-0.3, -0.25) is 29.8 Å². The van der Waals surface area contributed by atoms with Crippen molar-refractivity contribution in [2.45, 2.75) is 0 Å². The average molecular weight is 418 g/mol. The van der Waals surface area contributed by atoms with Crippen LogP contribution in [0, 0.1) is 0 Å².